The molecule has 0 unspecified atom stereocenters. The van der Waals surface area contributed by atoms with Crippen molar-refractivity contribution in [3.8, 4) is 11.5 Å². The summed E-state index contributed by atoms with van der Waals surface area (Å²) in [5, 5.41) is 11.0. The van der Waals surface area contributed by atoms with Crippen molar-refractivity contribution in [2.45, 2.75) is 13.3 Å². The number of hydrogen-bond acceptors (Lipinski definition) is 4. The SMILES string of the molecule is CCNCCc1nnc(-c2cc(F)cc(Br)c2)o1. The number of benzene rings is 1. The Bertz CT molecular complexity index is 510. The van der Waals surface area contributed by atoms with Gasteiger partial charge in [0.2, 0.25) is 11.8 Å². The fourth-order valence-corrected chi connectivity index (χ4v) is 1.99. The van der Waals surface area contributed by atoms with E-state index in [-0.39, 0.29) is 5.82 Å². The molecular weight excluding hydrogens is 301 g/mol. The lowest BCUT2D eigenvalue weighted by atomic mass is 10.2. The Labute approximate surface area is 113 Å². The molecule has 0 spiro atoms. The summed E-state index contributed by atoms with van der Waals surface area (Å²) in [6, 6.07) is 4.49. The number of hydrogen-bond donors (Lipinski definition) is 1. The van der Waals surface area contributed by atoms with Crippen LogP contribution in [0.1, 0.15) is 12.8 Å². The molecule has 1 aromatic heterocycles. The smallest absolute Gasteiger partial charge is 0.247 e. The molecule has 6 heteroatoms. The molecule has 1 heterocycles. The lowest BCUT2D eigenvalue weighted by Gasteiger charge is -1.98. The highest BCUT2D eigenvalue weighted by Gasteiger charge is 2.10. The molecule has 1 aromatic carbocycles. The molecule has 2 rings (SSSR count). The summed E-state index contributed by atoms with van der Waals surface area (Å²) in [4.78, 5) is 0. The van der Waals surface area contributed by atoms with Crippen LogP contribution in [0.3, 0.4) is 0 Å². The van der Waals surface area contributed by atoms with E-state index in [4.69, 9.17) is 4.42 Å². The van der Waals surface area contributed by atoms with Gasteiger partial charge in [-0.05, 0) is 24.7 Å². The second-order valence-corrected chi connectivity index (χ2v) is 4.68. The Balaban J connectivity index is 2.13. The number of nitrogens with one attached hydrogen (secondary N) is 1. The summed E-state index contributed by atoms with van der Waals surface area (Å²) in [7, 11) is 0. The normalized spacial score (nSPS) is 10.8. The zero-order valence-electron chi connectivity index (χ0n) is 9.91. The second-order valence-electron chi connectivity index (χ2n) is 3.76. The Morgan fingerprint density at radius 3 is 2.89 bits per heavy atom. The fraction of sp³-hybridized carbons (Fsp3) is 0.333. The first-order valence-electron chi connectivity index (χ1n) is 5.68. The lowest BCUT2D eigenvalue weighted by Crippen LogP contribution is -2.16. The third kappa shape index (κ3) is 3.36. The summed E-state index contributed by atoms with van der Waals surface area (Å²) in [6.45, 7) is 3.71. The van der Waals surface area contributed by atoms with Gasteiger partial charge in [-0.3, -0.25) is 0 Å². The first kappa shape index (κ1) is 13.2. The average molecular weight is 314 g/mol. The molecule has 0 aliphatic heterocycles. The van der Waals surface area contributed by atoms with Crippen molar-refractivity contribution in [1.82, 2.24) is 15.5 Å². The summed E-state index contributed by atoms with van der Waals surface area (Å²) in [5.41, 5.74) is 0.573. The third-order valence-corrected chi connectivity index (χ3v) is 2.80. The Hall–Kier alpha value is -1.27. The van der Waals surface area contributed by atoms with Crippen molar-refractivity contribution in [3.05, 3.63) is 34.4 Å². The summed E-state index contributed by atoms with van der Waals surface area (Å²) in [6.07, 6.45) is 0.664. The lowest BCUT2D eigenvalue weighted by molar-refractivity contribution is 0.496. The van der Waals surface area contributed by atoms with Crippen LogP contribution in [0.4, 0.5) is 4.39 Å². The van der Waals surface area contributed by atoms with Crippen LogP contribution < -0.4 is 5.32 Å². The molecule has 0 radical (unpaired) electrons. The van der Waals surface area contributed by atoms with Crippen LogP contribution in [0.15, 0.2) is 27.1 Å². The van der Waals surface area contributed by atoms with Gasteiger partial charge in [-0.25, -0.2) is 4.39 Å². The molecular formula is C12H13BrFN3O. The van der Waals surface area contributed by atoms with E-state index < -0.39 is 0 Å². The fourth-order valence-electron chi connectivity index (χ4n) is 1.52. The first-order valence-corrected chi connectivity index (χ1v) is 6.48. The number of halogens is 2. The number of nitrogens with zero attached hydrogens (tertiary/aromatic N) is 2. The maximum absolute atomic E-state index is 13.2. The maximum atomic E-state index is 13.2. The van der Waals surface area contributed by atoms with Crippen molar-refractivity contribution in [2.75, 3.05) is 13.1 Å². The molecule has 1 N–H and O–H groups in total. The van der Waals surface area contributed by atoms with E-state index in [1.165, 1.54) is 12.1 Å². The zero-order chi connectivity index (χ0) is 13.0. The number of rotatable bonds is 5. The number of likely N-dealkylation sites (N-methyl/N-ethyl adjacent to an activating group) is 1. The van der Waals surface area contributed by atoms with Crippen LogP contribution in [-0.4, -0.2) is 23.3 Å². The van der Waals surface area contributed by atoms with Crippen molar-refractivity contribution in [1.29, 1.82) is 0 Å². The first-order chi connectivity index (χ1) is 8.69. The van der Waals surface area contributed by atoms with E-state index in [2.05, 4.69) is 31.4 Å². The quantitative estimate of drug-likeness (QED) is 0.862. The van der Waals surface area contributed by atoms with Gasteiger partial charge >= 0.3 is 0 Å². The van der Waals surface area contributed by atoms with Gasteiger partial charge in [0.15, 0.2) is 0 Å². The summed E-state index contributed by atoms with van der Waals surface area (Å²) in [5.74, 6) is 0.541. The Kier molecular flexibility index (Phi) is 4.43. The average Bonchev–Trinajstić information content (AvgIpc) is 2.77. The van der Waals surface area contributed by atoms with Crippen LogP contribution in [0, 0.1) is 5.82 Å². The van der Waals surface area contributed by atoms with Crippen LogP contribution >= 0.6 is 15.9 Å². The molecule has 0 aliphatic carbocycles. The standard InChI is InChI=1S/C12H13BrFN3O/c1-2-15-4-3-11-16-17-12(18-11)8-5-9(13)7-10(14)6-8/h5-7,15H,2-4H2,1H3. The van der Waals surface area contributed by atoms with Crippen molar-refractivity contribution in [2.24, 2.45) is 0 Å². The molecule has 0 saturated carbocycles. The predicted octanol–water partition coefficient (Wildman–Crippen LogP) is 2.79. The summed E-state index contributed by atoms with van der Waals surface area (Å²) < 4.78 is 19.4. The van der Waals surface area contributed by atoms with Crippen LogP contribution in [0.25, 0.3) is 11.5 Å². The highest BCUT2D eigenvalue weighted by molar-refractivity contribution is 9.10. The second kappa shape index (κ2) is 6.06. The van der Waals surface area contributed by atoms with E-state index in [1.807, 2.05) is 6.92 Å². The van der Waals surface area contributed by atoms with Gasteiger partial charge in [-0.2, -0.15) is 0 Å². The van der Waals surface area contributed by atoms with Crippen LogP contribution in [0.5, 0.6) is 0 Å². The van der Waals surface area contributed by atoms with Crippen molar-refractivity contribution < 1.29 is 8.81 Å². The molecule has 0 bridgehead atoms. The zero-order valence-corrected chi connectivity index (χ0v) is 11.5. The van der Waals surface area contributed by atoms with E-state index in [0.717, 1.165) is 13.1 Å². The minimum Gasteiger partial charge on any atom is -0.421 e. The van der Waals surface area contributed by atoms with E-state index in [9.17, 15) is 4.39 Å². The van der Waals surface area contributed by atoms with Gasteiger partial charge in [0.25, 0.3) is 0 Å². The predicted molar refractivity (Wildman–Crippen MR) is 69.6 cm³/mol. The van der Waals surface area contributed by atoms with Crippen molar-refractivity contribution in [3.63, 3.8) is 0 Å². The van der Waals surface area contributed by atoms with E-state index in [1.54, 1.807) is 6.07 Å². The van der Waals surface area contributed by atoms with Gasteiger partial charge in [0.05, 0.1) is 0 Å². The Morgan fingerprint density at radius 1 is 1.33 bits per heavy atom. The molecule has 0 fully saturated rings. The molecule has 0 saturated heterocycles. The molecule has 96 valence electrons. The van der Waals surface area contributed by atoms with E-state index in [0.29, 0.717) is 28.2 Å². The molecule has 4 nitrogen and oxygen atoms in total. The molecule has 2 aromatic rings. The monoisotopic (exact) mass is 313 g/mol. The van der Waals surface area contributed by atoms with Gasteiger partial charge in [0.1, 0.15) is 5.82 Å². The van der Waals surface area contributed by atoms with Gasteiger partial charge in [-0.1, -0.05) is 22.9 Å². The highest BCUT2D eigenvalue weighted by Crippen LogP contribution is 2.23. The van der Waals surface area contributed by atoms with Crippen LogP contribution in [0.2, 0.25) is 0 Å². The molecule has 0 aliphatic rings. The summed E-state index contributed by atoms with van der Waals surface area (Å²) >= 11 is 3.23. The largest absolute Gasteiger partial charge is 0.421 e. The third-order valence-electron chi connectivity index (χ3n) is 2.34. The maximum Gasteiger partial charge on any atom is 0.247 e. The van der Waals surface area contributed by atoms with Gasteiger partial charge < -0.3 is 9.73 Å². The Morgan fingerprint density at radius 2 is 2.17 bits per heavy atom. The highest BCUT2D eigenvalue weighted by atomic mass is 79.9. The van der Waals surface area contributed by atoms with Crippen molar-refractivity contribution >= 4 is 15.9 Å². The molecule has 18 heavy (non-hydrogen) atoms. The van der Waals surface area contributed by atoms with Gasteiger partial charge in [0, 0.05) is 23.0 Å². The minimum atomic E-state index is -0.341. The van der Waals surface area contributed by atoms with E-state index >= 15 is 0 Å². The van der Waals surface area contributed by atoms with Crippen LogP contribution in [-0.2, 0) is 6.42 Å². The molecule has 0 atom stereocenters. The molecule has 0 amide bonds. The minimum absolute atomic E-state index is 0.335. The van der Waals surface area contributed by atoms with Gasteiger partial charge in [-0.15, -0.1) is 10.2 Å². The number of aromatic nitrogens is 2. The topological polar surface area (TPSA) is 51.0 Å².